The van der Waals surface area contributed by atoms with E-state index in [1.54, 1.807) is 0 Å². The van der Waals surface area contributed by atoms with Gasteiger partial charge in [0.2, 0.25) is 0 Å². The highest BCUT2D eigenvalue weighted by Gasteiger charge is 2.30. The predicted molar refractivity (Wildman–Crippen MR) is 423 cm³/mol. The molecule has 612 valence electrons. The SMILES string of the molecule is CCCCCCCCCCCCCCCCCCCCCCC(=O)O[C@H](COC(=O)CCCCCCCCCCCCCCCCCCCC)COP(=O)(O)OC[C@@H](O)COP(=O)(O)OC[C@@H](COC(=O)CCCCCCCCCCCC)OC(=O)CCCCCCCCCCCCCCCCC. The van der Waals surface area contributed by atoms with Crippen molar-refractivity contribution in [2.75, 3.05) is 39.6 Å². The summed E-state index contributed by atoms with van der Waals surface area (Å²) >= 11 is 0. The van der Waals surface area contributed by atoms with Gasteiger partial charge in [-0.2, -0.15) is 0 Å². The van der Waals surface area contributed by atoms with Gasteiger partial charge in [-0.05, 0) is 25.7 Å². The van der Waals surface area contributed by atoms with Crippen molar-refractivity contribution in [1.82, 2.24) is 0 Å². The third kappa shape index (κ3) is 78.0. The molecular formula is C84H164O17P2. The van der Waals surface area contributed by atoms with E-state index in [1.807, 2.05) is 0 Å². The standard InChI is InChI=1S/C84H164O17P2/c1-5-9-13-17-21-25-29-32-35-37-39-40-42-45-48-51-55-59-63-67-71-84(89)101-80(75-95-82(87)69-65-61-57-53-49-46-44-41-38-36-33-30-26-22-18-14-10-6-2)77-99-103(92,93)97-73-78(85)72-96-102(90,91)98-76-79(74-94-81(86)68-64-60-56-52-28-24-20-16-12-8-4)100-83(88)70-66-62-58-54-50-47-43-34-31-27-23-19-15-11-7-3/h78-80,85H,5-77H2,1-4H3,(H,90,91)(H,92,93)/t78-,79+,80+/m0/s1. The van der Waals surface area contributed by atoms with E-state index in [4.69, 9.17) is 37.0 Å². The van der Waals surface area contributed by atoms with Crippen LogP contribution in [0.3, 0.4) is 0 Å². The second-order valence-electron chi connectivity index (χ2n) is 30.2. The smallest absolute Gasteiger partial charge is 0.462 e. The Balaban J connectivity index is 5.22. The molecule has 17 nitrogen and oxygen atoms in total. The Morgan fingerprint density at radius 3 is 0.573 bits per heavy atom. The monoisotopic (exact) mass is 1510 g/mol. The lowest BCUT2D eigenvalue weighted by atomic mass is 10.0. The van der Waals surface area contributed by atoms with Gasteiger partial charge < -0.3 is 33.8 Å². The summed E-state index contributed by atoms with van der Waals surface area (Å²) in [5.74, 6) is -2.10. The molecule has 0 spiro atoms. The number of ether oxygens (including phenoxy) is 4. The molecule has 0 aromatic carbocycles. The number of carbonyl (C=O) groups is 4. The number of aliphatic hydroxyl groups excluding tert-OH is 1. The second kappa shape index (κ2) is 78.2. The lowest BCUT2D eigenvalue weighted by Gasteiger charge is -2.21. The molecule has 0 saturated carbocycles. The van der Waals surface area contributed by atoms with E-state index in [-0.39, 0.29) is 25.7 Å². The van der Waals surface area contributed by atoms with Crippen LogP contribution in [0, 0.1) is 0 Å². The Bertz CT molecular complexity index is 1950. The molecule has 0 aliphatic heterocycles. The molecule has 0 aromatic heterocycles. The average molecular weight is 1510 g/mol. The van der Waals surface area contributed by atoms with Crippen LogP contribution in [0.5, 0.6) is 0 Å². The maximum Gasteiger partial charge on any atom is 0.472 e. The van der Waals surface area contributed by atoms with E-state index >= 15 is 0 Å². The van der Waals surface area contributed by atoms with Crippen LogP contribution < -0.4 is 0 Å². The summed E-state index contributed by atoms with van der Waals surface area (Å²) in [6.45, 7) is 5.04. The molecule has 0 fully saturated rings. The minimum atomic E-state index is -4.96. The Morgan fingerprint density at radius 2 is 0.388 bits per heavy atom. The van der Waals surface area contributed by atoms with Crippen LogP contribution in [-0.4, -0.2) is 96.7 Å². The molecule has 3 N–H and O–H groups in total. The molecule has 19 heteroatoms. The highest BCUT2D eigenvalue weighted by molar-refractivity contribution is 7.47. The highest BCUT2D eigenvalue weighted by atomic mass is 31.2. The number of phosphoric acid groups is 2. The number of carbonyl (C=O) groups excluding carboxylic acids is 4. The third-order valence-electron chi connectivity index (χ3n) is 19.9. The lowest BCUT2D eigenvalue weighted by molar-refractivity contribution is -0.161. The van der Waals surface area contributed by atoms with Crippen molar-refractivity contribution in [2.45, 2.75) is 476 Å². The van der Waals surface area contributed by atoms with E-state index < -0.39 is 97.5 Å². The number of hydrogen-bond acceptors (Lipinski definition) is 15. The number of unbranched alkanes of at least 4 members (excludes halogenated alkanes) is 59. The van der Waals surface area contributed by atoms with Crippen molar-refractivity contribution in [3.05, 3.63) is 0 Å². The number of aliphatic hydroxyl groups is 1. The van der Waals surface area contributed by atoms with E-state index in [0.29, 0.717) is 25.7 Å². The summed E-state index contributed by atoms with van der Waals surface area (Å²) in [6, 6.07) is 0. The van der Waals surface area contributed by atoms with Crippen LogP contribution >= 0.6 is 15.6 Å². The minimum Gasteiger partial charge on any atom is -0.462 e. The van der Waals surface area contributed by atoms with Crippen molar-refractivity contribution >= 4 is 39.5 Å². The quantitative estimate of drug-likeness (QED) is 0.0222. The normalized spacial score (nSPS) is 13.7. The van der Waals surface area contributed by atoms with Crippen LogP contribution in [-0.2, 0) is 65.4 Å². The number of hydrogen-bond donors (Lipinski definition) is 3. The van der Waals surface area contributed by atoms with Crippen molar-refractivity contribution in [1.29, 1.82) is 0 Å². The first kappa shape index (κ1) is 101. The summed E-state index contributed by atoms with van der Waals surface area (Å²) in [5.41, 5.74) is 0. The van der Waals surface area contributed by atoms with Crippen molar-refractivity contribution in [3.8, 4) is 0 Å². The fourth-order valence-corrected chi connectivity index (χ4v) is 14.7. The van der Waals surface area contributed by atoms with Gasteiger partial charge in [-0.15, -0.1) is 0 Å². The molecule has 5 atom stereocenters. The van der Waals surface area contributed by atoms with Gasteiger partial charge in [0.05, 0.1) is 26.4 Å². The Morgan fingerprint density at radius 1 is 0.233 bits per heavy atom. The third-order valence-corrected chi connectivity index (χ3v) is 21.8. The summed E-state index contributed by atoms with van der Waals surface area (Å²) < 4.78 is 68.8. The molecule has 0 aliphatic carbocycles. The van der Waals surface area contributed by atoms with Crippen LogP contribution in [0.2, 0.25) is 0 Å². The van der Waals surface area contributed by atoms with Crippen LogP contribution in [0.4, 0.5) is 0 Å². The Kier molecular flexibility index (Phi) is 76.7. The van der Waals surface area contributed by atoms with Crippen molar-refractivity contribution in [2.24, 2.45) is 0 Å². The number of esters is 4. The zero-order valence-electron chi connectivity index (χ0n) is 67.3. The topological polar surface area (TPSA) is 237 Å². The number of phosphoric ester groups is 2. The maximum absolute atomic E-state index is 13.1. The van der Waals surface area contributed by atoms with E-state index in [0.717, 1.165) is 89.9 Å². The first-order valence-electron chi connectivity index (χ1n) is 43.8. The lowest BCUT2D eigenvalue weighted by Crippen LogP contribution is -2.30. The van der Waals surface area contributed by atoms with Gasteiger partial charge in [0.25, 0.3) is 0 Å². The molecule has 0 saturated heterocycles. The van der Waals surface area contributed by atoms with Gasteiger partial charge in [-0.1, -0.05) is 407 Å². The highest BCUT2D eigenvalue weighted by Crippen LogP contribution is 2.45. The largest absolute Gasteiger partial charge is 0.472 e. The molecule has 0 amide bonds. The van der Waals surface area contributed by atoms with Crippen molar-refractivity contribution in [3.63, 3.8) is 0 Å². The molecule has 0 radical (unpaired) electrons. The summed E-state index contributed by atoms with van der Waals surface area (Å²) in [5, 5.41) is 10.7. The van der Waals surface area contributed by atoms with E-state index in [1.165, 1.54) is 289 Å². The second-order valence-corrected chi connectivity index (χ2v) is 33.1. The van der Waals surface area contributed by atoms with Crippen molar-refractivity contribution < 1.29 is 80.2 Å². The zero-order chi connectivity index (χ0) is 75.3. The van der Waals surface area contributed by atoms with E-state index in [9.17, 15) is 43.2 Å². The van der Waals surface area contributed by atoms with Crippen LogP contribution in [0.15, 0.2) is 0 Å². The first-order chi connectivity index (χ1) is 50.2. The summed E-state index contributed by atoms with van der Waals surface area (Å²) in [6.07, 6.45) is 72.2. The van der Waals surface area contributed by atoms with Crippen LogP contribution in [0.1, 0.15) is 458 Å². The van der Waals surface area contributed by atoms with Gasteiger partial charge in [-0.25, -0.2) is 9.13 Å². The molecule has 103 heavy (non-hydrogen) atoms. The molecule has 0 rings (SSSR count). The van der Waals surface area contributed by atoms with Gasteiger partial charge in [0, 0.05) is 25.7 Å². The summed E-state index contributed by atoms with van der Waals surface area (Å²) in [7, 11) is -9.92. The van der Waals surface area contributed by atoms with Gasteiger partial charge in [0.1, 0.15) is 19.3 Å². The number of rotatable bonds is 85. The fraction of sp³-hybridized carbons (Fsp3) is 0.952. The molecule has 0 bridgehead atoms. The summed E-state index contributed by atoms with van der Waals surface area (Å²) in [4.78, 5) is 73.1. The minimum absolute atomic E-state index is 0.109. The average Bonchev–Trinajstić information content (AvgIpc) is 0.911. The van der Waals surface area contributed by atoms with Gasteiger partial charge >= 0.3 is 39.5 Å². The predicted octanol–water partition coefficient (Wildman–Crippen LogP) is 25.7. The maximum atomic E-state index is 13.1. The molecule has 0 aliphatic rings. The molecule has 2 unspecified atom stereocenters. The Labute approximate surface area is 632 Å². The Hall–Kier alpha value is -1.94. The molecule has 0 aromatic rings. The first-order valence-corrected chi connectivity index (χ1v) is 46.8. The van der Waals surface area contributed by atoms with Gasteiger partial charge in [0.15, 0.2) is 12.2 Å². The zero-order valence-corrected chi connectivity index (χ0v) is 69.1. The molecular weight excluding hydrogens is 1340 g/mol. The van der Waals surface area contributed by atoms with Crippen LogP contribution in [0.25, 0.3) is 0 Å². The molecule has 0 heterocycles. The van der Waals surface area contributed by atoms with Gasteiger partial charge in [-0.3, -0.25) is 37.3 Å². The van der Waals surface area contributed by atoms with E-state index in [2.05, 4.69) is 27.7 Å². The fourth-order valence-electron chi connectivity index (χ4n) is 13.2.